The highest BCUT2D eigenvalue weighted by Gasteiger charge is 2.08. The van der Waals surface area contributed by atoms with Gasteiger partial charge in [-0.3, -0.25) is 4.79 Å². The molecule has 0 saturated carbocycles. The molecule has 0 spiro atoms. The lowest BCUT2D eigenvalue weighted by molar-refractivity contribution is 0.103. The molecular weight excluding hydrogens is 276 g/mol. The number of rotatable bonds is 7. The molecule has 0 aliphatic heterocycles. The molecule has 0 unspecified atom stereocenters. The summed E-state index contributed by atoms with van der Waals surface area (Å²) in [4.78, 5) is 12.4. The predicted octanol–water partition coefficient (Wildman–Crippen LogP) is 3.37. The molecule has 3 heteroatoms. The maximum atomic E-state index is 12.4. The van der Waals surface area contributed by atoms with Crippen molar-refractivity contribution in [1.29, 1.82) is 0 Å². The van der Waals surface area contributed by atoms with Crippen molar-refractivity contribution >= 4 is 5.78 Å². The fourth-order valence-corrected chi connectivity index (χ4v) is 2.10. The Labute approximate surface area is 130 Å². The molecule has 0 saturated heterocycles. The van der Waals surface area contributed by atoms with Crippen LogP contribution in [0, 0.1) is 0 Å². The summed E-state index contributed by atoms with van der Waals surface area (Å²) in [6, 6.07) is 16.7. The SMILES string of the molecule is C/C(=C\CO)COCc1cccc(C(=O)c2ccccc2)c1. The average Bonchev–Trinajstić information content (AvgIpc) is 2.55. The van der Waals surface area contributed by atoms with E-state index in [9.17, 15) is 4.79 Å². The van der Waals surface area contributed by atoms with Gasteiger partial charge in [-0.1, -0.05) is 54.6 Å². The first-order valence-corrected chi connectivity index (χ1v) is 7.23. The lowest BCUT2D eigenvalue weighted by atomic mass is 10.0. The van der Waals surface area contributed by atoms with Gasteiger partial charge in [0.05, 0.1) is 19.8 Å². The molecule has 0 aromatic heterocycles. The summed E-state index contributed by atoms with van der Waals surface area (Å²) in [6.45, 7) is 2.84. The van der Waals surface area contributed by atoms with Gasteiger partial charge in [-0.2, -0.15) is 0 Å². The third-order valence-corrected chi connectivity index (χ3v) is 3.26. The maximum absolute atomic E-state index is 12.4. The molecule has 0 radical (unpaired) electrons. The molecule has 0 amide bonds. The van der Waals surface area contributed by atoms with Crippen molar-refractivity contribution in [3.05, 3.63) is 82.9 Å². The Balaban J connectivity index is 2.01. The summed E-state index contributed by atoms with van der Waals surface area (Å²) in [5.41, 5.74) is 3.29. The molecule has 2 aromatic carbocycles. The quantitative estimate of drug-likeness (QED) is 0.629. The van der Waals surface area contributed by atoms with Crippen LogP contribution in [0.25, 0.3) is 0 Å². The number of carbonyl (C=O) groups is 1. The van der Waals surface area contributed by atoms with Crippen LogP contribution in [-0.2, 0) is 11.3 Å². The Morgan fingerprint density at radius 2 is 1.82 bits per heavy atom. The van der Waals surface area contributed by atoms with Crippen molar-refractivity contribution in [1.82, 2.24) is 0 Å². The fourth-order valence-electron chi connectivity index (χ4n) is 2.10. The Morgan fingerprint density at radius 1 is 1.09 bits per heavy atom. The van der Waals surface area contributed by atoms with Crippen LogP contribution in [0.3, 0.4) is 0 Å². The second-order valence-corrected chi connectivity index (χ2v) is 5.12. The summed E-state index contributed by atoms with van der Waals surface area (Å²) >= 11 is 0. The van der Waals surface area contributed by atoms with Crippen LogP contribution in [0.15, 0.2) is 66.2 Å². The van der Waals surface area contributed by atoms with Crippen molar-refractivity contribution < 1.29 is 14.6 Å². The molecular formula is C19H20O3. The Morgan fingerprint density at radius 3 is 2.55 bits per heavy atom. The zero-order valence-corrected chi connectivity index (χ0v) is 12.7. The van der Waals surface area contributed by atoms with Gasteiger partial charge in [-0.05, 0) is 24.1 Å². The minimum atomic E-state index is 0.0128. The predicted molar refractivity (Wildman–Crippen MR) is 86.8 cm³/mol. The number of carbonyl (C=O) groups excluding carboxylic acids is 1. The van der Waals surface area contributed by atoms with Crippen molar-refractivity contribution in [3.8, 4) is 0 Å². The topological polar surface area (TPSA) is 46.5 Å². The Kier molecular flexibility index (Phi) is 6.07. The van der Waals surface area contributed by atoms with Gasteiger partial charge in [0, 0.05) is 11.1 Å². The Hall–Kier alpha value is -2.23. The van der Waals surface area contributed by atoms with E-state index >= 15 is 0 Å². The third kappa shape index (κ3) is 4.65. The number of aliphatic hydroxyl groups is 1. The number of benzene rings is 2. The minimum Gasteiger partial charge on any atom is -0.392 e. The highest BCUT2D eigenvalue weighted by atomic mass is 16.5. The van der Waals surface area contributed by atoms with E-state index in [1.807, 2.05) is 61.5 Å². The molecule has 2 rings (SSSR count). The second-order valence-electron chi connectivity index (χ2n) is 5.12. The molecule has 0 atom stereocenters. The molecule has 0 heterocycles. The number of hydrogen-bond acceptors (Lipinski definition) is 3. The summed E-state index contributed by atoms with van der Waals surface area (Å²) in [5.74, 6) is 0.0128. The first-order chi connectivity index (χ1) is 10.7. The first-order valence-electron chi connectivity index (χ1n) is 7.23. The van der Waals surface area contributed by atoms with Crippen molar-refractivity contribution in [3.63, 3.8) is 0 Å². The number of ketones is 1. The fraction of sp³-hybridized carbons (Fsp3) is 0.211. The number of hydrogen-bond donors (Lipinski definition) is 1. The van der Waals surface area contributed by atoms with Gasteiger partial charge in [-0.25, -0.2) is 0 Å². The van der Waals surface area contributed by atoms with E-state index in [2.05, 4.69) is 0 Å². The third-order valence-electron chi connectivity index (χ3n) is 3.26. The van der Waals surface area contributed by atoms with E-state index in [-0.39, 0.29) is 12.4 Å². The molecule has 0 bridgehead atoms. The highest BCUT2D eigenvalue weighted by molar-refractivity contribution is 6.09. The van der Waals surface area contributed by atoms with E-state index in [0.29, 0.717) is 24.3 Å². The summed E-state index contributed by atoms with van der Waals surface area (Å²) in [6.07, 6.45) is 1.72. The van der Waals surface area contributed by atoms with Gasteiger partial charge < -0.3 is 9.84 Å². The zero-order valence-electron chi connectivity index (χ0n) is 12.7. The average molecular weight is 296 g/mol. The molecule has 3 nitrogen and oxygen atoms in total. The summed E-state index contributed by atoms with van der Waals surface area (Å²) < 4.78 is 5.58. The van der Waals surface area contributed by atoms with Crippen molar-refractivity contribution in [2.24, 2.45) is 0 Å². The minimum absolute atomic E-state index is 0.0128. The Bertz CT molecular complexity index is 645. The smallest absolute Gasteiger partial charge is 0.193 e. The number of ether oxygens (including phenoxy) is 1. The van der Waals surface area contributed by atoms with Crippen LogP contribution in [0.1, 0.15) is 28.4 Å². The molecule has 2 aromatic rings. The summed E-state index contributed by atoms with van der Waals surface area (Å²) in [7, 11) is 0. The van der Waals surface area contributed by atoms with E-state index in [1.165, 1.54) is 0 Å². The van der Waals surface area contributed by atoms with Crippen LogP contribution in [0.4, 0.5) is 0 Å². The lowest BCUT2D eigenvalue weighted by Crippen LogP contribution is -2.03. The van der Waals surface area contributed by atoms with E-state index in [1.54, 1.807) is 6.08 Å². The highest BCUT2D eigenvalue weighted by Crippen LogP contribution is 2.12. The molecule has 0 aliphatic rings. The van der Waals surface area contributed by atoms with Crippen LogP contribution < -0.4 is 0 Å². The van der Waals surface area contributed by atoms with Gasteiger partial charge >= 0.3 is 0 Å². The molecule has 1 N–H and O–H groups in total. The normalized spacial score (nSPS) is 11.5. The van der Waals surface area contributed by atoms with Crippen LogP contribution in [-0.4, -0.2) is 24.1 Å². The van der Waals surface area contributed by atoms with Crippen molar-refractivity contribution in [2.75, 3.05) is 13.2 Å². The largest absolute Gasteiger partial charge is 0.392 e. The van der Waals surface area contributed by atoms with Gasteiger partial charge in [0.25, 0.3) is 0 Å². The van der Waals surface area contributed by atoms with Gasteiger partial charge in [0.1, 0.15) is 0 Å². The first kappa shape index (κ1) is 16.1. The van der Waals surface area contributed by atoms with Gasteiger partial charge in [0.15, 0.2) is 5.78 Å². The zero-order chi connectivity index (χ0) is 15.8. The van der Waals surface area contributed by atoms with Gasteiger partial charge in [0.2, 0.25) is 0 Å². The standard InChI is InChI=1S/C19H20O3/c1-15(10-11-20)13-22-14-16-6-5-9-18(12-16)19(21)17-7-3-2-4-8-17/h2-10,12,20H,11,13-14H2,1H3/b15-10+. The van der Waals surface area contributed by atoms with Crippen LogP contribution >= 0.6 is 0 Å². The monoisotopic (exact) mass is 296 g/mol. The van der Waals surface area contributed by atoms with E-state index in [0.717, 1.165) is 11.1 Å². The van der Waals surface area contributed by atoms with Crippen LogP contribution in [0.2, 0.25) is 0 Å². The molecule has 22 heavy (non-hydrogen) atoms. The van der Waals surface area contributed by atoms with E-state index in [4.69, 9.17) is 9.84 Å². The lowest BCUT2D eigenvalue weighted by Gasteiger charge is -2.07. The van der Waals surface area contributed by atoms with E-state index < -0.39 is 0 Å². The van der Waals surface area contributed by atoms with Gasteiger partial charge in [-0.15, -0.1) is 0 Å². The molecule has 0 aliphatic carbocycles. The van der Waals surface area contributed by atoms with Crippen molar-refractivity contribution in [2.45, 2.75) is 13.5 Å². The number of aliphatic hydroxyl groups excluding tert-OH is 1. The van der Waals surface area contributed by atoms with Crippen LogP contribution in [0.5, 0.6) is 0 Å². The molecule has 0 fully saturated rings. The maximum Gasteiger partial charge on any atom is 0.193 e. The second kappa shape index (κ2) is 8.27. The summed E-state index contributed by atoms with van der Waals surface area (Å²) in [5, 5.41) is 8.79. The molecule has 114 valence electrons.